The molecule has 0 radical (unpaired) electrons. The van der Waals surface area contributed by atoms with Crippen LogP contribution < -0.4 is 11.3 Å². The van der Waals surface area contributed by atoms with Crippen LogP contribution in [-0.2, 0) is 0 Å². The van der Waals surface area contributed by atoms with Gasteiger partial charge >= 0.3 is 0 Å². The molecule has 0 heterocycles. The second kappa shape index (κ2) is 5.47. The van der Waals surface area contributed by atoms with Gasteiger partial charge in [-0.15, -0.1) is 0 Å². The summed E-state index contributed by atoms with van der Waals surface area (Å²) in [7, 11) is 4.44. The summed E-state index contributed by atoms with van der Waals surface area (Å²) in [6.07, 6.45) is 6.48. The normalized spacial score (nSPS) is 29.6. The molecular formula is C17H27N3. The average Bonchev–Trinajstić information content (AvgIpc) is 3.08. The number of benzene rings is 1. The van der Waals surface area contributed by atoms with Crippen LogP contribution in [0.3, 0.4) is 0 Å². The summed E-state index contributed by atoms with van der Waals surface area (Å²) < 4.78 is 0. The van der Waals surface area contributed by atoms with Gasteiger partial charge in [0, 0.05) is 11.6 Å². The zero-order chi connectivity index (χ0) is 14.2. The van der Waals surface area contributed by atoms with Crippen LogP contribution in [0.2, 0.25) is 0 Å². The Kier molecular flexibility index (Phi) is 3.85. The Morgan fingerprint density at radius 3 is 2.40 bits per heavy atom. The van der Waals surface area contributed by atoms with E-state index in [1.54, 1.807) is 0 Å². The summed E-state index contributed by atoms with van der Waals surface area (Å²) in [5, 5.41) is 0. The van der Waals surface area contributed by atoms with Crippen LogP contribution in [-0.4, -0.2) is 30.6 Å². The SMILES string of the molecule is CN(C)C1(C(NN)C2CC2c2ccccc2)CCCC1. The molecule has 2 aliphatic carbocycles. The third-order valence-corrected chi connectivity index (χ3v) is 5.61. The highest BCUT2D eigenvalue weighted by atomic mass is 15.3. The smallest absolute Gasteiger partial charge is 0.0428 e. The van der Waals surface area contributed by atoms with Gasteiger partial charge in [0.1, 0.15) is 0 Å². The van der Waals surface area contributed by atoms with Crippen LogP contribution in [0.4, 0.5) is 0 Å². The Labute approximate surface area is 122 Å². The van der Waals surface area contributed by atoms with E-state index in [9.17, 15) is 0 Å². The van der Waals surface area contributed by atoms with Gasteiger partial charge in [-0.25, -0.2) is 0 Å². The summed E-state index contributed by atoms with van der Waals surface area (Å²) in [4.78, 5) is 2.42. The Hall–Kier alpha value is -0.900. The van der Waals surface area contributed by atoms with E-state index in [4.69, 9.17) is 5.84 Å². The molecule has 0 aromatic heterocycles. The molecule has 3 N–H and O–H groups in total. The molecule has 1 aromatic carbocycles. The summed E-state index contributed by atoms with van der Waals surface area (Å²) >= 11 is 0. The first kappa shape index (κ1) is 14.1. The molecule has 20 heavy (non-hydrogen) atoms. The first-order chi connectivity index (χ1) is 9.69. The standard InChI is InChI=1S/C17H27N3/c1-20(2)17(10-6-7-11-17)16(19-18)15-12-14(15)13-8-4-3-5-9-13/h3-5,8-9,14-16,19H,6-7,10-12,18H2,1-2H3. The van der Waals surface area contributed by atoms with Crippen LogP contribution >= 0.6 is 0 Å². The Bertz CT molecular complexity index is 437. The van der Waals surface area contributed by atoms with Crippen molar-refractivity contribution < 1.29 is 0 Å². The lowest BCUT2D eigenvalue weighted by atomic mass is 9.83. The molecule has 3 heteroatoms. The van der Waals surface area contributed by atoms with E-state index >= 15 is 0 Å². The highest BCUT2D eigenvalue weighted by molar-refractivity contribution is 5.28. The van der Waals surface area contributed by atoms with Gasteiger partial charge < -0.3 is 4.90 Å². The Morgan fingerprint density at radius 2 is 1.85 bits per heavy atom. The lowest BCUT2D eigenvalue weighted by Gasteiger charge is -2.43. The van der Waals surface area contributed by atoms with Crippen molar-refractivity contribution in [2.75, 3.05) is 14.1 Å². The summed E-state index contributed by atoms with van der Waals surface area (Å²) in [5.41, 5.74) is 4.92. The molecule has 0 aliphatic heterocycles. The molecule has 3 atom stereocenters. The molecule has 0 saturated heterocycles. The molecular weight excluding hydrogens is 246 g/mol. The van der Waals surface area contributed by atoms with Crippen molar-refractivity contribution in [1.29, 1.82) is 0 Å². The molecule has 2 aliphatic rings. The van der Waals surface area contributed by atoms with E-state index < -0.39 is 0 Å². The number of nitrogens with one attached hydrogen (secondary N) is 1. The fourth-order valence-corrected chi connectivity index (χ4v) is 4.37. The lowest BCUT2D eigenvalue weighted by molar-refractivity contribution is 0.0926. The molecule has 0 spiro atoms. The number of hydrogen-bond donors (Lipinski definition) is 2. The van der Waals surface area contributed by atoms with Crippen molar-refractivity contribution in [1.82, 2.24) is 10.3 Å². The molecule has 3 unspecified atom stereocenters. The molecule has 110 valence electrons. The monoisotopic (exact) mass is 273 g/mol. The summed E-state index contributed by atoms with van der Waals surface area (Å²) in [6.45, 7) is 0. The van der Waals surface area contributed by atoms with Crippen LogP contribution in [0.15, 0.2) is 30.3 Å². The third-order valence-electron chi connectivity index (χ3n) is 5.61. The van der Waals surface area contributed by atoms with Crippen molar-refractivity contribution >= 4 is 0 Å². The van der Waals surface area contributed by atoms with Gasteiger partial charge in [0.2, 0.25) is 0 Å². The quantitative estimate of drug-likeness (QED) is 0.640. The minimum atomic E-state index is 0.253. The van der Waals surface area contributed by atoms with Crippen molar-refractivity contribution in [3.8, 4) is 0 Å². The van der Waals surface area contributed by atoms with Crippen LogP contribution in [0.25, 0.3) is 0 Å². The number of likely N-dealkylation sites (N-methyl/N-ethyl adjacent to an activating group) is 1. The second-order valence-corrected chi connectivity index (χ2v) is 6.77. The van der Waals surface area contributed by atoms with Crippen molar-refractivity contribution in [3.63, 3.8) is 0 Å². The molecule has 3 rings (SSSR count). The van der Waals surface area contributed by atoms with E-state index in [0.29, 0.717) is 17.9 Å². The van der Waals surface area contributed by atoms with Crippen molar-refractivity contribution in [3.05, 3.63) is 35.9 Å². The highest BCUT2D eigenvalue weighted by Gasteiger charge is 2.53. The van der Waals surface area contributed by atoms with Crippen molar-refractivity contribution in [2.24, 2.45) is 11.8 Å². The largest absolute Gasteiger partial charge is 0.302 e. The fourth-order valence-electron chi connectivity index (χ4n) is 4.37. The lowest BCUT2D eigenvalue weighted by Crippen LogP contribution is -2.60. The maximum Gasteiger partial charge on any atom is 0.0428 e. The van der Waals surface area contributed by atoms with Gasteiger partial charge in [-0.1, -0.05) is 43.2 Å². The van der Waals surface area contributed by atoms with Gasteiger partial charge in [-0.3, -0.25) is 11.3 Å². The van der Waals surface area contributed by atoms with Gasteiger partial charge in [0.25, 0.3) is 0 Å². The number of hydrogen-bond acceptors (Lipinski definition) is 3. The van der Waals surface area contributed by atoms with E-state index in [0.717, 1.165) is 0 Å². The molecule has 0 amide bonds. The molecule has 1 aromatic rings. The maximum absolute atomic E-state index is 5.98. The molecule has 3 nitrogen and oxygen atoms in total. The zero-order valence-electron chi connectivity index (χ0n) is 12.7. The number of nitrogens with zero attached hydrogens (tertiary/aromatic N) is 1. The number of hydrazine groups is 1. The summed E-state index contributed by atoms with van der Waals surface area (Å²) in [6, 6.07) is 11.3. The fraction of sp³-hybridized carbons (Fsp3) is 0.647. The highest BCUT2D eigenvalue weighted by Crippen LogP contribution is 2.54. The predicted octanol–water partition coefficient (Wildman–Crippen LogP) is 2.50. The molecule has 2 saturated carbocycles. The van der Waals surface area contributed by atoms with Crippen molar-refractivity contribution in [2.45, 2.75) is 49.6 Å². The van der Waals surface area contributed by atoms with E-state index in [2.05, 4.69) is 54.8 Å². The Balaban J connectivity index is 1.78. The Morgan fingerprint density at radius 1 is 1.20 bits per heavy atom. The van der Waals surface area contributed by atoms with Crippen LogP contribution in [0.5, 0.6) is 0 Å². The number of nitrogens with two attached hydrogens (primary N) is 1. The zero-order valence-corrected chi connectivity index (χ0v) is 12.7. The average molecular weight is 273 g/mol. The van der Waals surface area contributed by atoms with Gasteiger partial charge in [0.15, 0.2) is 0 Å². The first-order valence-electron chi connectivity index (χ1n) is 7.87. The number of rotatable bonds is 5. The van der Waals surface area contributed by atoms with E-state index in [1.807, 2.05) is 0 Å². The first-order valence-corrected chi connectivity index (χ1v) is 7.87. The molecule has 2 fully saturated rings. The van der Waals surface area contributed by atoms with Crippen LogP contribution in [0.1, 0.15) is 43.6 Å². The minimum Gasteiger partial charge on any atom is -0.302 e. The maximum atomic E-state index is 5.98. The minimum absolute atomic E-state index is 0.253. The topological polar surface area (TPSA) is 41.3 Å². The predicted molar refractivity (Wildman–Crippen MR) is 83.3 cm³/mol. The summed E-state index contributed by atoms with van der Waals surface area (Å²) in [5.74, 6) is 7.35. The molecule has 0 bridgehead atoms. The van der Waals surface area contributed by atoms with Crippen LogP contribution in [0, 0.1) is 5.92 Å². The van der Waals surface area contributed by atoms with Gasteiger partial charge in [-0.2, -0.15) is 0 Å². The second-order valence-electron chi connectivity index (χ2n) is 6.77. The third kappa shape index (κ3) is 2.28. The van der Waals surface area contributed by atoms with Gasteiger partial charge in [0.05, 0.1) is 0 Å². The van der Waals surface area contributed by atoms with E-state index in [-0.39, 0.29) is 5.54 Å². The van der Waals surface area contributed by atoms with E-state index in [1.165, 1.54) is 37.7 Å². The van der Waals surface area contributed by atoms with Gasteiger partial charge in [-0.05, 0) is 50.8 Å².